The lowest BCUT2D eigenvalue weighted by Crippen LogP contribution is -2.32. The van der Waals surface area contributed by atoms with Crippen LogP contribution in [-0.4, -0.2) is 53.0 Å². The largest absolute Gasteiger partial charge is 0.307 e. The fraction of sp³-hybridized carbons (Fsp3) is 0.450. The van der Waals surface area contributed by atoms with Crippen molar-refractivity contribution in [2.45, 2.75) is 49.5 Å². The molecule has 0 spiro atoms. The zero-order valence-corrected chi connectivity index (χ0v) is 17.6. The Balaban J connectivity index is 1.75. The van der Waals surface area contributed by atoms with Gasteiger partial charge in [0.2, 0.25) is 16.0 Å². The highest BCUT2D eigenvalue weighted by atomic mass is 32.2. The molecule has 0 amide bonds. The van der Waals surface area contributed by atoms with Crippen LogP contribution in [0.2, 0.25) is 0 Å². The van der Waals surface area contributed by atoms with Crippen molar-refractivity contribution in [2.75, 3.05) is 19.0 Å². The van der Waals surface area contributed by atoms with E-state index in [0.717, 1.165) is 23.9 Å². The molecule has 0 atom stereocenters. The molecule has 1 saturated carbocycles. The average molecular weight is 415 g/mol. The summed E-state index contributed by atoms with van der Waals surface area (Å²) in [6.45, 7) is 0. The zero-order chi connectivity index (χ0) is 20.4. The number of benzene rings is 1. The molecule has 0 aliphatic heterocycles. The van der Waals surface area contributed by atoms with Gasteiger partial charge in [-0.2, -0.15) is 10.1 Å². The highest BCUT2D eigenvalue weighted by Gasteiger charge is 2.25. The van der Waals surface area contributed by atoms with Gasteiger partial charge in [-0.3, -0.25) is 5.10 Å². The van der Waals surface area contributed by atoms with Crippen LogP contribution in [0.4, 0.5) is 11.6 Å². The predicted molar refractivity (Wildman–Crippen MR) is 113 cm³/mol. The van der Waals surface area contributed by atoms with Crippen LogP contribution in [0.15, 0.2) is 41.6 Å². The predicted octanol–water partition coefficient (Wildman–Crippen LogP) is 3.46. The summed E-state index contributed by atoms with van der Waals surface area (Å²) in [5.74, 6) is 0.608. The molecule has 0 bridgehead atoms. The quantitative estimate of drug-likeness (QED) is 0.643. The number of rotatable bonds is 5. The lowest BCUT2D eigenvalue weighted by molar-refractivity contribution is 0.520. The SMILES string of the molecule is CN(C)S(=O)(=O)c1ccc(N(c2ncc3cn[nH]c3n2)C2CCCCCC2)cc1. The van der Waals surface area contributed by atoms with Gasteiger partial charge >= 0.3 is 0 Å². The van der Waals surface area contributed by atoms with E-state index in [4.69, 9.17) is 0 Å². The maximum atomic E-state index is 12.4. The Hall–Kier alpha value is -2.52. The summed E-state index contributed by atoms with van der Waals surface area (Å²) in [6.07, 6.45) is 10.4. The van der Waals surface area contributed by atoms with Crippen LogP contribution in [0.25, 0.3) is 11.0 Å². The number of anilines is 2. The van der Waals surface area contributed by atoms with E-state index in [1.165, 1.54) is 44.1 Å². The summed E-state index contributed by atoms with van der Waals surface area (Å²) >= 11 is 0. The van der Waals surface area contributed by atoms with Crippen LogP contribution in [0.5, 0.6) is 0 Å². The van der Waals surface area contributed by atoms with Crippen molar-refractivity contribution in [3.05, 3.63) is 36.7 Å². The Bertz CT molecular complexity index is 1070. The molecular formula is C20H26N6O2S. The van der Waals surface area contributed by atoms with Crippen LogP contribution < -0.4 is 4.90 Å². The normalized spacial score (nSPS) is 16.2. The Morgan fingerprint density at radius 3 is 2.34 bits per heavy atom. The Kier molecular flexibility index (Phi) is 5.51. The number of sulfonamides is 1. The molecule has 2 heterocycles. The molecule has 154 valence electrons. The van der Waals surface area contributed by atoms with E-state index in [1.807, 2.05) is 12.1 Å². The molecule has 1 fully saturated rings. The van der Waals surface area contributed by atoms with E-state index in [0.29, 0.717) is 11.6 Å². The van der Waals surface area contributed by atoms with Crippen molar-refractivity contribution in [1.82, 2.24) is 24.5 Å². The molecule has 0 saturated heterocycles. The molecule has 1 aliphatic rings. The number of aromatic amines is 1. The standard InChI is InChI=1S/C20H26N6O2S/c1-25(2)29(27,28)18-11-9-17(10-12-18)26(16-7-5-3-4-6-8-16)20-21-13-15-14-22-24-19(15)23-20/h9-14,16H,3-8H2,1-2H3,(H,21,22,23,24). The molecular weight excluding hydrogens is 388 g/mol. The van der Waals surface area contributed by atoms with Crippen LogP contribution in [0.3, 0.4) is 0 Å². The molecule has 0 unspecified atom stereocenters. The lowest BCUT2D eigenvalue weighted by atomic mass is 10.1. The van der Waals surface area contributed by atoms with Crippen molar-refractivity contribution >= 4 is 32.7 Å². The van der Waals surface area contributed by atoms with Crippen molar-refractivity contribution in [3.8, 4) is 0 Å². The first-order chi connectivity index (χ1) is 14.0. The van der Waals surface area contributed by atoms with Crippen LogP contribution in [0.1, 0.15) is 38.5 Å². The van der Waals surface area contributed by atoms with Crippen molar-refractivity contribution in [1.29, 1.82) is 0 Å². The third-order valence-corrected chi connectivity index (χ3v) is 7.31. The number of aromatic nitrogens is 4. The Morgan fingerprint density at radius 1 is 1.00 bits per heavy atom. The second kappa shape index (κ2) is 8.08. The van der Waals surface area contributed by atoms with Crippen molar-refractivity contribution in [2.24, 2.45) is 0 Å². The lowest BCUT2D eigenvalue weighted by Gasteiger charge is -2.31. The number of H-pyrrole nitrogens is 1. The molecule has 8 nitrogen and oxygen atoms in total. The fourth-order valence-corrected chi connectivity index (χ4v) is 4.74. The minimum Gasteiger partial charge on any atom is -0.307 e. The maximum Gasteiger partial charge on any atom is 0.242 e. The van der Waals surface area contributed by atoms with Crippen LogP contribution in [-0.2, 0) is 10.0 Å². The van der Waals surface area contributed by atoms with Gasteiger partial charge in [0.25, 0.3) is 0 Å². The van der Waals surface area contributed by atoms with Gasteiger partial charge in [-0.05, 0) is 37.1 Å². The molecule has 29 heavy (non-hydrogen) atoms. The van der Waals surface area contributed by atoms with Crippen molar-refractivity contribution in [3.63, 3.8) is 0 Å². The number of hydrogen-bond donors (Lipinski definition) is 1. The molecule has 3 aromatic rings. The first kappa shape index (κ1) is 19.8. The average Bonchev–Trinajstić information content (AvgIpc) is 3.02. The summed E-state index contributed by atoms with van der Waals surface area (Å²) in [4.78, 5) is 11.7. The third-order valence-electron chi connectivity index (χ3n) is 5.48. The molecule has 1 aliphatic carbocycles. The molecule has 9 heteroatoms. The Labute approximate surface area is 171 Å². The molecule has 0 radical (unpaired) electrons. The summed E-state index contributed by atoms with van der Waals surface area (Å²) in [5.41, 5.74) is 1.59. The molecule has 1 aromatic carbocycles. The molecule has 2 aromatic heterocycles. The van der Waals surface area contributed by atoms with Gasteiger partial charge in [-0.25, -0.2) is 17.7 Å². The smallest absolute Gasteiger partial charge is 0.242 e. The Morgan fingerprint density at radius 2 is 1.69 bits per heavy atom. The van der Waals surface area contributed by atoms with E-state index in [1.54, 1.807) is 24.5 Å². The number of hydrogen-bond acceptors (Lipinski definition) is 6. The number of nitrogens with zero attached hydrogens (tertiary/aromatic N) is 5. The monoisotopic (exact) mass is 414 g/mol. The van der Waals surface area contributed by atoms with E-state index in [-0.39, 0.29) is 10.9 Å². The minimum atomic E-state index is -3.47. The summed E-state index contributed by atoms with van der Waals surface area (Å²) < 4.78 is 26.1. The second-order valence-corrected chi connectivity index (χ2v) is 9.79. The van der Waals surface area contributed by atoms with Gasteiger partial charge in [-0.1, -0.05) is 25.7 Å². The first-order valence-electron chi connectivity index (χ1n) is 9.95. The van der Waals surface area contributed by atoms with Gasteiger partial charge < -0.3 is 4.90 Å². The number of nitrogens with one attached hydrogen (secondary N) is 1. The summed E-state index contributed by atoms with van der Waals surface area (Å²) in [5, 5.41) is 7.81. The van der Waals surface area contributed by atoms with E-state index in [9.17, 15) is 8.42 Å². The van der Waals surface area contributed by atoms with Crippen molar-refractivity contribution < 1.29 is 8.42 Å². The van der Waals surface area contributed by atoms with E-state index in [2.05, 4.69) is 25.1 Å². The molecule has 4 rings (SSSR count). The third kappa shape index (κ3) is 3.97. The zero-order valence-electron chi connectivity index (χ0n) is 16.7. The summed E-state index contributed by atoms with van der Waals surface area (Å²) in [6, 6.07) is 7.28. The second-order valence-electron chi connectivity index (χ2n) is 7.64. The van der Waals surface area contributed by atoms with Gasteiger partial charge in [0.05, 0.1) is 16.5 Å². The van der Waals surface area contributed by atoms with Gasteiger partial charge in [0, 0.05) is 32.0 Å². The minimum absolute atomic E-state index is 0.272. The van der Waals surface area contributed by atoms with Gasteiger partial charge in [0.15, 0.2) is 5.65 Å². The van der Waals surface area contributed by atoms with Crippen LogP contribution in [0, 0.1) is 0 Å². The highest BCUT2D eigenvalue weighted by Crippen LogP contribution is 2.33. The van der Waals surface area contributed by atoms with Gasteiger partial charge in [0.1, 0.15) is 0 Å². The van der Waals surface area contributed by atoms with E-state index >= 15 is 0 Å². The fourth-order valence-electron chi connectivity index (χ4n) is 3.84. The first-order valence-corrected chi connectivity index (χ1v) is 11.4. The van der Waals surface area contributed by atoms with E-state index < -0.39 is 10.0 Å². The van der Waals surface area contributed by atoms with Gasteiger partial charge in [-0.15, -0.1) is 0 Å². The maximum absolute atomic E-state index is 12.4. The summed E-state index contributed by atoms with van der Waals surface area (Å²) in [7, 11) is -0.393. The number of fused-ring (bicyclic) bond motifs is 1. The topological polar surface area (TPSA) is 95.1 Å². The highest BCUT2D eigenvalue weighted by molar-refractivity contribution is 7.89. The molecule has 1 N–H and O–H groups in total. The van der Waals surface area contributed by atoms with Crippen LogP contribution >= 0.6 is 0 Å².